The van der Waals surface area contributed by atoms with Crippen molar-refractivity contribution in [3.8, 4) is 22.5 Å². The van der Waals surface area contributed by atoms with Gasteiger partial charge in [-0.15, -0.1) is 0 Å². The van der Waals surface area contributed by atoms with E-state index < -0.39 is 0 Å². The number of aryl methyl sites for hydroxylation is 1. The predicted molar refractivity (Wildman–Crippen MR) is 123 cm³/mol. The minimum atomic E-state index is 0.440. The van der Waals surface area contributed by atoms with Gasteiger partial charge in [-0.1, -0.05) is 12.1 Å². The molecule has 0 radical (unpaired) electrons. The van der Waals surface area contributed by atoms with Crippen LogP contribution in [0.4, 0.5) is 0 Å². The van der Waals surface area contributed by atoms with Crippen LogP contribution in [0.3, 0.4) is 0 Å². The van der Waals surface area contributed by atoms with Crippen LogP contribution in [0.2, 0.25) is 0 Å². The highest BCUT2D eigenvalue weighted by Crippen LogP contribution is 2.41. The Bertz CT molecular complexity index is 1070. The first-order valence-corrected chi connectivity index (χ1v) is 11.2. The Morgan fingerprint density at radius 1 is 1.03 bits per heavy atom. The quantitative estimate of drug-likeness (QED) is 0.605. The van der Waals surface area contributed by atoms with E-state index in [0.29, 0.717) is 5.92 Å². The minimum Gasteiger partial charge on any atom is -0.460 e. The molecule has 5 nitrogen and oxygen atoms in total. The summed E-state index contributed by atoms with van der Waals surface area (Å²) in [4.78, 5) is 6.66. The van der Waals surface area contributed by atoms with E-state index >= 15 is 0 Å². The van der Waals surface area contributed by atoms with Gasteiger partial charge in [-0.2, -0.15) is 0 Å². The molecule has 0 saturated carbocycles. The smallest absolute Gasteiger partial charge is 0.142 e. The lowest BCUT2D eigenvalue weighted by Crippen LogP contribution is -2.35. The molecule has 1 saturated heterocycles. The molecule has 1 aliphatic heterocycles. The molecule has 0 bridgehead atoms. The Labute approximate surface area is 183 Å². The van der Waals surface area contributed by atoms with Gasteiger partial charge in [-0.25, -0.2) is 0 Å². The van der Waals surface area contributed by atoms with Crippen molar-refractivity contribution in [2.45, 2.75) is 31.6 Å². The minimum absolute atomic E-state index is 0.440. The number of hydrogen-bond donors (Lipinski definition) is 1. The van der Waals surface area contributed by atoms with Gasteiger partial charge >= 0.3 is 0 Å². The van der Waals surface area contributed by atoms with E-state index in [0.717, 1.165) is 91.4 Å². The standard InChI is InChI=1S/C26H29N3O2/c1-30-15-14-29-12-8-19(9-13-29)25-17-23(18-6-10-28-11-7-18)26(31-25)21-2-4-22-20(16-21)3-5-24(22)27/h2,4,6-7,10-11,16-17,19,27H,3,5,8-9,12-15H2,1H3. The van der Waals surface area contributed by atoms with Crippen LogP contribution >= 0.6 is 0 Å². The number of rotatable bonds is 6. The number of methoxy groups -OCH3 is 1. The third-order valence-corrected chi connectivity index (χ3v) is 6.68. The number of fused-ring (bicyclic) bond motifs is 1. The Hall–Kier alpha value is -2.76. The summed E-state index contributed by atoms with van der Waals surface area (Å²) in [7, 11) is 1.76. The number of pyridine rings is 1. The molecule has 1 aliphatic carbocycles. The fourth-order valence-electron chi connectivity index (χ4n) is 4.86. The summed E-state index contributed by atoms with van der Waals surface area (Å²) in [5.41, 5.74) is 6.45. The van der Waals surface area contributed by atoms with Crippen molar-refractivity contribution in [1.29, 1.82) is 5.41 Å². The van der Waals surface area contributed by atoms with Gasteiger partial charge in [-0.3, -0.25) is 4.98 Å². The summed E-state index contributed by atoms with van der Waals surface area (Å²) >= 11 is 0. The van der Waals surface area contributed by atoms with Gasteiger partial charge in [0.15, 0.2) is 0 Å². The summed E-state index contributed by atoms with van der Waals surface area (Å²) in [5.74, 6) is 2.46. The third kappa shape index (κ3) is 4.08. The molecule has 0 spiro atoms. The normalized spacial score (nSPS) is 17.3. The maximum absolute atomic E-state index is 8.14. The fourth-order valence-corrected chi connectivity index (χ4v) is 4.86. The van der Waals surface area contributed by atoms with Crippen molar-refractivity contribution in [2.24, 2.45) is 0 Å². The van der Waals surface area contributed by atoms with Crippen molar-refractivity contribution in [3.63, 3.8) is 0 Å². The van der Waals surface area contributed by atoms with Crippen LogP contribution in [0.1, 0.15) is 42.1 Å². The molecule has 2 aliphatic rings. The molecule has 5 heteroatoms. The van der Waals surface area contributed by atoms with Crippen molar-refractivity contribution in [1.82, 2.24) is 9.88 Å². The number of aromatic nitrogens is 1. The first-order valence-electron chi connectivity index (χ1n) is 11.2. The zero-order valence-electron chi connectivity index (χ0n) is 18.1. The third-order valence-electron chi connectivity index (χ3n) is 6.68. The average molecular weight is 416 g/mol. The molecule has 0 unspecified atom stereocenters. The van der Waals surface area contributed by atoms with Gasteiger partial charge in [0, 0.05) is 48.8 Å². The molecule has 0 atom stereocenters. The van der Waals surface area contributed by atoms with Crippen LogP contribution in [-0.4, -0.2) is 48.9 Å². The molecular formula is C26H29N3O2. The molecule has 3 heterocycles. The Kier molecular flexibility index (Phi) is 5.70. The van der Waals surface area contributed by atoms with Gasteiger partial charge in [0.2, 0.25) is 0 Å². The first-order chi connectivity index (χ1) is 15.2. The van der Waals surface area contributed by atoms with E-state index in [1.807, 2.05) is 12.4 Å². The van der Waals surface area contributed by atoms with E-state index in [1.165, 1.54) is 5.56 Å². The lowest BCUT2D eigenvalue weighted by molar-refractivity contribution is 0.128. The number of furan rings is 1. The van der Waals surface area contributed by atoms with E-state index in [4.69, 9.17) is 14.6 Å². The number of ether oxygens (including phenoxy) is 1. The van der Waals surface area contributed by atoms with Crippen LogP contribution in [0.25, 0.3) is 22.5 Å². The molecule has 31 heavy (non-hydrogen) atoms. The van der Waals surface area contributed by atoms with Gasteiger partial charge < -0.3 is 19.5 Å². The van der Waals surface area contributed by atoms with Crippen LogP contribution in [-0.2, 0) is 11.2 Å². The van der Waals surface area contributed by atoms with Crippen molar-refractivity contribution in [3.05, 3.63) is 65.7 Å². The van der Waals surface area contributed by atoms with Gasteiger partial charge in [0.25, 0.3) is 0 Å². The topological polar surface area (TPSA) is 62.4 Å². The maximum Gasteiger partial charge on any atom is 0.142 e. The SMILES string of the molecule is COCCN1CCC(c2cc(-c3ccncc3)c(-c3ccc4c(c3)CCC4=N)o2)CC1. The second kappa shape index (κ2) is 8.77. The highest BCUT2D eigenvalue weighted by Gasteiger charge is 2.26. The molecule has 2 aromatic heterocycles. The lowest BCUT2D eigenvalue weighted by atomic mass is 9.93. The number of likely N-dealkylation sites (tertiary alicyclic amines) is 1. The van der Waals surface area contributed by atoms with E-state index in [1.54, 1.807) is 7.11 Å². The number of nitrogens with one attached hydrogen (secondary N) is 1. The Morgan fingerprint density at radius 3 is 2.61 bits per heavy atom. The molecule has 1 fully saturated rings. The highest BCUT2D eigenvalue weighted by atomic mass is 16.5. The summed E-state index contributed by atoms with van der Waals surface area (Å²) in [6.07, 6.45) is 7.66. The van der Waals surface area contributed by atoms with Gasteiger partial charge in [0.1, 0.15) is 11.5 Å². The predicted octanol–water partition coefficient (Wildman–Crippen LogP) is 5.15. The zero-order valence-corrected chi connectivity index (χ0v) is 18.1. The summed E-state index contributed by atoms with van der Waals surface area (Å²) in [5, 5.41) is 8.14. The fraction of sp³-hybridized carbons (Fsp3) is 0.385. The molecule has 5 rings (SSSR count). The zero-order chi connectivity index (χ0) is 21.2. The van der Waals surface area contributed by atoms with Crippen LogP contribution < -0.4 is 0 Å². The molecule has 3 aromatic rings. The molecule has 160 valence electrons. The van der Waals surface area contributed by atoms with Crippen molar-refractivity contribution < 1.29 is 9.15 Å². The molecule has 1 N–H and O–H groups in total. The summed E-state index contributed by atoms with van der Waals surface area (Å²) in [6.45, 7) is 3.95. The summed E-state index contributed by atoms with van der Waals surface area (Å²) < 4.78 is 11.8. The number of benzene rings is 1. The second-order valence-electron chi connectivity index (χ2n) is 8.59. The summed E-state index contributed by atoms with van der Waals surface area (Å²) in [6, 6.07) is 12.8. The van der Waals surface area contributed by atoms with Gasteiger partial charge in [-0.05, 0) is 79.7 Å². The highest BCUT2D eigenvalue weighted by molar-refractivity contribution is 6.02. The maximum atomic E-state index is 8.14. The van der Waals surface area contributed by atoms with E-state index in [2.05, 4.69) is 46.3 Å². The van der Waals surface area contributed by atoms with Crippen LogP contribution in [0.5, 0.6) is 0 Å². The number of piperidine rings is 1. The Morgan fingerprint density at radius 2 is 1.84 bits per heavy atom. The Balaban J connectivity index is 1.47. The van der Waals surface area contributed by atoms with E-state index in [9.17, 15) is 0 Å². The van der Waals surface area contributed by atoms with Crippen molar-refractivity contribution in [2.75, 3.05) is 33.4 Å². The molecular weight excluding hydrogens is 386 g/mol. The molecule has 1 aromatic carbocycles. The number of nitrogens with zero attached hydrogens (tertiary/aromatic N) is 2. The average Bonchev–Trinajstić information content (AvgIpc) is 3.43. The van der Waals surface area contributed by atoms with Crippen molar-refractivity contribution >= 4 is 5.71 Å². The second-order valence-corrected chi connectivity index (χ2v) is 8.59. The van der Waals surface area contributed by atoms with Crippen LogP contribution in [0.15, 0.2) is 53.2 Å². The number of hydrogen-bond acceptors (Lipinski definition) is 5. The molecule has 0 amide bonds. The lowest BCUT2D eigenvalue weighted by Gasteiger charge is -2.30. The first kappa shape index (κ1) is 20.2. The van der Waals surface area contributed by atoms with Gasteiger partial charge in [0.05, 0.1) is 6.61 Å². The van der Waals surface area contributed by atoms with E-state index in [-0.39, 0.29) is 0 Å². The largest absolute Gasteiger partial charge is 0.460 e. The van der Waals surface area contributed by atoms with Crippen LogP contribution in [0, 0.1) is 5.41 Å². The monoisotopic (exact) mass is 415 g/mol.